The average molecular weight is 464 g/mol. The van der Waals surface area contributed by atoms with Gasteiger partial charge in [0, 0.05) is 6.42 Å². The van der Waals surface area contributed by atoms with E-state index in [0.717, 1.165) is 0 Å². The third-order valence-electron chi connectivity index (χ3n) is 3.99. The van der Waals surface area contributed by atoms with Crippen LogP contribution in [0.1, 0.15) is 32.6 Å². The Morgan fingerprint density at radius 3 is 1.90 bits per heavy atom. The molecule has 0 fully saturated rings. The minimum atomic E-state index is -1.68. The maximum Gasteiger partial charge on any atom is 0.326 e. The van der Waals surface area contributed by atoms with Crippen LogP contribution in [0.2, 0.25) is 0 Å². The Morgan fingerprint density at radius 1 is 0.839 bits per heavy atom. The summed E-state index contributed by atoms with van der Waals surface area (Å²) >= 11 is 1.40. The fourth-order valence-electron chi connectivity index (χ4n) is 2.24. The molecule has 13 nitrogen and oxygen atoms in total. The van der Waals surface area contributed by atoms with Gasteiger partial charge in [0.1, 0.15) is 18.1 Å². The van der Waals surface area contributed by atoms with Crippen molar-refractivity contribution in [1.29, 1.82) is 0 Å². The minimum Gasteiger partial charge on any atom is -0.481 e. The summed E-state index contributed by atoms with van der Waals surface area (Å²) in [5.74, 6) is -6.01. The molecule has 0 heterocycles. The summed E-state index contributed by atoms with van der Waals surface area (Å²) in [4.78, 5) is 69.2. The minimum absolute atomic E-state index is 0.128. The van der Waals surface area contributed by atoms with E-state index in [9.17, 15) is 28.8 Å². The van der Waals surface area contributed by atoms with E-state index in [0.29, 0.717) is 5.75 Å². The normalized spacial score (nSPS) is 14.4. The van der Waals surface area contributed by atoms with Gasteiger partial charge in [-0.2, -0.15) is 11.8 Å². The number of amides is 3. The highest BCUT2D eigenvalue weighted by molar-refractivity contribution is 7.98. The highest BCUT2D eigenvalue weighted by Crippen LogP contribution is 2.04. The molecule has 176 valence electrons. The standard InChI is InChI=1S/C17H28N4O9S/c1-8(14(26)21-11(17(29)30)7-13(24)25)19-16(28)10(5-6-31-2)20-15(27)9(18)3-4-12(22)23/h8-11H,3-7,18H2,1-2H3,(H,19,28)(H,20,27)(H,21,26)(H,22,23)(H,24,25)(H,29,30). The number of carbonyl (C=O) groups excluding carboxylic acids is 3. The first-order valence-corrected chi connectivity index (χ1v) is 10.6. The number of hydrogen-bond acceptors (Lipinski definition) is 8. The topological polar surface area (TPSA) is 225 Å². The Morgan fingerprint density at radius 2 is 1.42 bits per heavy atom. The predicted molar refractivity (Wildman–Crippen MR) is 109 cm³/mol. The number of rotatable bonds is 15. The summed E-state index contributed by atoms with van der Waals surface area (Å²) in [5, 5.41) is 33.1. The van der Waals surface area contributed by atoms with Crippen LogP contribution in [0.3, 0.4) is 0 Å². The molecule has 0 spiro atoms. The van der Waals surface area contributed by atoms with Crippen molar-refractivity contribution in [2.75, 3.05) is 12.0 Å². The summed E-state index contributed by atoms with van der Waals surface area (Å²) in [7, 11) is 0. The summed E-state index contributed by atoms with van der Waals surface area (Å²) < 4.78 is 0. The monoisotopic (exact) mass is 464 g/mol. The number of hydrogen-bond donors (Lipinski definition) is 7. The van der Waals surface area contributed by atoms with Crippen LogP contribution in [0.15, 0.2) is 0 Å². The Kier molecular flexibility index (Phi) is 12.9. The fourth-order valence-corrected chi connectivity index (χ4v) is 2.72. The van der Waals surface area contributed by atoms with E-state index < -0.39 is 66.2 Å². The van der Waals surface area contributed by atoms with E-state index in [2.05, 4.69) is 10.6 Å². The van der Waals surface area contributed by atoms with Crippen LogP contribution >= 0.6 is 11.8 Å². The third kappa shape index (κ3) is 11.8. The molecule has 3 amide bonds. The first-order chi connectivity index (χ1) is 14.4. The van der Waals surface area contributed by atoms with Crippen molar-refractivity contribution in [1.82, 2.24) is 16.0 Å². The van der Waals surface area contributed by atoms with Gasteiger partial charge >= 0.3 is 17.9 Å². The van der Waals surface area contributed by atoms with Gasteiger partial charge in [-0.05, 0) is 31.8 Å². The van der Waals surface area contributed by atoms with Crippen molar-refractivity contribution < 1.29 is 44.1 Å². The van der Waals surface area contributed by atoms with E-state index in [4.69, 9.17) is 21.1 Å². The lowest BCUT2D eigenvalue weighted by Crippen LogP contribution is -2.56. The highest BCUT2D eigenvalue weighted by Gasteiger charge is 2.29. The number of nitrogens with two attached hydrogens (primary N) is 1. The van der Waals surface area contributed by atoms with Crippen LogP contribution in [0.25, 0.3) is 0 Å². The van der Waals surface area contributed by atoms with Crippen LogP contribution in [0.4, 0.5) is 0 Å². The second-order valence-electron chi connectivity index (χ2n) is 6.61. The fraction of sp³-hybridized carbons (Fsp3) is 0.647. The zero-order valence-corrected chi connectivity index (χ0v) is 17.9. The van der Waals surface area contributed by atoms with E-state index in [1.807, 2.05) is 5.32 Å². The molecule has 0 radical (unpaired) electrons. The van der Waals surface area contributed by atoms with Crippen molar-refractivity contribution in [2.24, 2.45) is 5.73 Å². The van der Waals surface area contributed by atoms with E-state index in [1.54, 1.807) is 6.26 Å². The SMILES string of the molecule is CSCCC(NC(=O)C(N)CCC(=O)O)C(=O)NC(C)C(=O)NC(CC(=O)O)C(=O)O. The first kappa shape index (κ1) is 28.1. The molecule has 4 unspecified atom stereocenters. The average Bonchev–Trinajstić information content (AvgIpc) is 2.67. The van der Waals surface area contributed by atoms with Gasteiger partial charge in [-0.25, -0.2) is 4.79 Å². The quantitative estimate of drug-likeness (QED) is 0.140. The van der Waals surface area contributed by atoms with Crippen LogP contribution in [0, 0.1) is 0 Å². The van der Waals surface area contributed by atoms with E-state index >= 15 is 0 Å². The van der Waals surface area contributed by atoms with Crippen molar-refractivity contribution in [3.8, 4) is 0 Å². The molecule has 0 saturated carbocycles. The Bertz CT molecular complexity index is 689. The predicted octanol–water partition coefficient (Wildman–Crippen LogP) is -2.03. The lowest BCUT2D eigenvalue weighted by molar-refractivity contribution is -0.147. The number of thioether (sulfide) groups is 1. The summed E-state index contributed by atoms with van der Waals surface area (Å²) in [5.41, 5.74) is 5.64. The lowest BCUT2D eigenvalue weighted by Gasteiger charge is -2.23. The first-order valence-electron chi connectivity index (χ1n) is 9.21. The Hall–Kier alpha value is -2.87. The van der Waals surface area contributed by atoms with Gasteiger partial charge in [0.05, 0.1) is 12.5 Å². The number of aliphatic carboxylic acids is 3. The zero-order valence-electron chi connectivity index (χ0n) is 17.1. The maximum atomic E-state index is 12.5. The molecule has 0 aromatic rings. The van der Waals surface area contributed by atoms with Crippen LogP contribution in [-0.4, -0.2) is 87.1 Å². The molecule has 31 heavy (non-hydrogen) atoms. The highest BCUT2D eigenvalue weighted by atomic mass is 32.2. The van der Waals surface area contributed by atoms with Crippen molar-refractivity contribution in [3.63, 3.8) is 0 Å². The molecule has 0 aromatic carbocycles. The van der Waals surface area contributed by atoms with Gasteiger partial charge in [0.25, 0.3) is 0 Å². The molecule has 4 atom stereocenters. The zero-order chi connectivity index (χ0) is 24.1. The van der Waals surface area contributed by atoms with Gasteiger partial charge in [-0.3, -0.25) is 24.0 Å². The van der Waals surface area contributed by atoms with Crippen LogP contribution in [-0.2, 0) is 28.8 Å². The number of nitrogens with one attached hydrogen (secondary N) is 3. The second-order valence-corrected chi connectivity index (χ2v) is 7.59. The van der Waals surface area contributed by atoms with Crippen molar-refractivity contribution in [2.45, 2.75) is 56.8 Å². The Labute approximate surface area is 182 Å². The summed E-state index contributed by atoms with van der Waals surface area (Å²) in [6.07, 6.45) is 0.670. The maximum absolute atomic E-state index is 12.5. The molecule has 0 rings (SSSR count). The number of carbonyl (C=O) groups is 6. The second kappa shape index (κ2) is 14.2. The Balaban J connectivity index is 5.02. The molecule has 0 bridgehead atoms. The molecular formula is C17H28N4O9S. The lowest BCUT2D eigenvalue weighted by atomic mass is 10.1. The van der Waals surface area contributed by atoms with E-state index in [1.165, 1.54) is 18.7 Å². The largest absolute Gasteiger partial charge is 0.481 e. The molecule has 14 heteroatoms. The third-order valence-corrected chi connectivity index (χ3v) is 4.64. The smallest absolute Gasteiger partial charge is 0.326 e. The molecule has 0 saturated heterocycles. The molecule has 8 N–H and O–H groups in total. The molecule has 0 aromatic heterocycles. The van der Waals surface area contributed by atoms with Crippen molar-refractivity contribution >= 4 is 47.4 Å². The van der Waals surface area contributed by atoms with E-state index in [-0.39, 0.29) is 19.3 Å². The molecule has 0 aliphatic carbocycles. The van der Waals surface area contributed by atoms with Gasteiger partial charge in [-0.15, -0.1) is 0 Å². The summed E-state index contributed by atoms with van der Waals surface area (Å²) in [6.45, 7) is 1.26. The van der Waals surface area contributed by atoms with Gasteiger partial charge in [0.2, 0.25) is 17.7 Å². The number of carboxylic acid groups (broad SMARTS) is 3. The molecular weight excluding hydrogens is 436 g/mol. The molecule has 0 aliphatic rings. The van der Waals surface area contributed by atoms with Gasteiger partial charge in [0.15, 0.2) is 0 Å². The summed E-state index contributed by atoms with van der Waals surface area (Å²) in [6, 6.07) is -5.12. The van der Waals surface area contributed by atoms with Gasteiger partial charge < -0.3 is 37.0 Å². The molecule has 0 aliphatic heterocycles. The number of carboxylic acids is 3. The van der Waals surface area contributed by atoms with Crippen molar-refractivity contribution in [3.05, 3.63) is 0 Å². The van der Waals surface area contributed by atoms with Crippen LogP contribution < -0.4 is 21.7 Å². The van der Waals surface area contributed by atoms with Crippen LogP contribution in [0.5, 0.6) is 0 Å². The van der Waals surface area contributed by atoms with Gasteiger partial charge in [-0.1, -0.05) is 0 Å².